The molecule has 0 saturated carbocycles. The zero-order valence-electron chi connectivity index (χ0n) is 17.8. The number of carbonyl (C=O) groups is 1. The number of halogens is 1. The average Bonchev–Trinajstić information content (AvgIpc) is 2.82. The van der Waals surface area contributed by atoms with Gasteiger partial charge in [0.15, 0.2) is 0 Å². The summed E-state index contributed by atoms with van der Waals surface area (Å²) in [6.07, 6.45) is 1.56. The number of aryl methyl sites for hydroxylation is 1. The first-order chi connectivity index (χ1) is 15.2. The van der Waals surface area contributed by atoms with Crippen LogP contribution >= 0.6 is 7.26 Å². The summed E-state index contributed by atoms with van der Waals surface area (Å²) in [5.41, 5.74) is 1.23. The summed E-state index contributed by atoms with van der Waals surface area (Å²) in [6, 6.07) is 40.9. The maximum Gasteiger partial charge on any atom is 0.303 e. The maximum atomic E-state index is 11.1. The molecule has 0 atom stereocenters. The Morgan fingerprint density at radius 3 is 1.47 bits per heavy atom. The van der Waals surface area contributed by atoms with Gasteiger partial charge in [-0.05, 0) is 60.9 Å². The highest BCUT2D eigenvalue weighted by Crippen LogP contribution is 2.54. The summed E-state index contributed by atoms with van der Waals surface area (Å²) in [6.45, 7) is 0. The predicted molar refractivity (Wildman–Crippen MR) is 132 cm³/mol. The van der Waals surface area contributed by atoms with E-state index in [4.69, 9.17) is 5.11 Å². The van der Waals surface area contributed by atoms with Crippen molar-refractivity contribution in [2.24, 2.45) is 0 Å². The summed E-state index contributed by atoms with van der Waals surface area (Å²) < 4.78 is 0. The molecule has 162 valence electrons. The van der Waals surface area contributed by atoms with E-state index in [9.17, 15) is 4.79 Å². The highest BCUT2D eigenvalue weighted by atomic mass is 79.9. The normalized spacial score (nSPS) is 10.9. The monoisotopic (exact) mass is 504 g/mol. The summed E-state index contributed by atoms with van der Waals surface area (Å²) in [5.74, 6) is -0.743. The van der Waals surface area contributed by atoms with Crippen molar-refractivity contribution in [2.75, 3.05) is 0 Å². The van der Waals surface area contributed by atoms with E-state index in [-0.39, 0.29) is 23.4 Å². The molecular formula is C28H26BrO2P. The minimum Gasteiger partial charge on any atom is -1.00 e. The van der Waals surface area contributed by atoms with Gasteiger partial charge in [0, 0.05) is 6.42 Å². The van der Waals surface area contributed by atoms with Crippen LogP contribution < -0.4 is 38.2 Å². The van der Waals surface area contributed by atoms with E-state index in [2.05, 4.69) is 115 Å². The van der Waals surface area contributed by atoms with Crippen molar-refractivity contribution >= 4 is 34.4 Å². The number of hydrogen-bond acceptors (Lipinski definition) is 1. The summed E-state index contributed by atoms with van der Waals surface area (Å²) >= 11 is 0. The zero-order chi connectivity index (χ0) is 21.5. The molecule has 0 aromatic heterocycles. The smallest absolute Gasteiger partial charge is 0.303 e. The van der Waals surface area contributed by atoms with Crippen LogP contribution in [-0.2, 0) is 11.2 Å². The third kappa shape index (κ3) is 4.85. The molecule has 0 radical (unpaired) electrons. The lowest BCUT2D eigenvalue weighted by atomic mass is 10.1. The first-order valence-corrected chi connectivity index (χ1v) is 12.4. The van der Waals surface area contributed by atoms with Gasteiger partial charge in [-0.15, -0.1) is 0 Å². The Morgan fingerprint density at radius 2 is 1.03 bits per heavy atom. The number of aliphatic carboxylic acids is 1. The number of benzene rings is 4. The predicted octanol–water partition coefficient (Wildman–Crippen LogP) is 1.72. The molecule has 4 aromatic rings. The van der Waals surface area contributed by atoms with Gasteiger partial charge in [0.05, 0.1) is 0 Å². The summed E-state index contributed by atoms with van der Waals surface area (Å²) in [4.78, 5) is 11.1. The lowest BCUT2D eigenvalue weighted by Gasteiger charge is -2.29. The summed E-state index contributed by atoms with van der Waals surface area (Å²) in [5, 5.41) is 14.4. The number of carboxylic acid groups (broad SMARTS) is 1. The Hall–Kier alpha value is -2.74. The van der Waals surface area contributed by atoms with Gasteiger partial charge in [0.25, 0.3) is 0 Å². The Labute approximate surface area is 201 Å². The molecule has 0 amide bonds. The largest absolute Gasteiger partial charge is 1.00 e. The van der Waals surface area contributed by atoms with Crippen LogP contribution in [0.25, 0.3) is 0 Å². The highest BCUT2D eigenvalue weighted by Gasteiger charge is 2.48. The van der Waals surface area contributed by atoms with Gasteiger partial charge in [0.2, 0.25) is 0 Å². The Morgan fingerprint density at radius 1 is 0.625 bits per heavy atom. The first-order valence-electron chi connectivity index (χ1n) is 10.6. The quantitative estimate of drug-likeness (QED) is 0.371. The van der Waals surface area contributed by atoms with E-state index < -0.39 is 13.2 Å². The number of hydrogen-bond donors (Lipinski definition) is 1. The molecule has 4 aromatic carbocycles. The van der Waals surface area contributed by atoms with Crippen molar-refractivity contribution in [3.63, 3.8) is 0 Å². The van der Waals surface area contributed by atoms with Crippen LogP contribution in [-0.4, -0.2) is 11.1 Å². The van der Waals surface area contributed by atoms with E-state index in [1.54, 1.807) is 0 Å². The van der Waals surface area contributed by atoms with E-state index in [0.717, 1.165) is 6.42 Å². The second kappa shape index (κ2) is 11.2. The Kier molecular flexibility index (Phi) is 8.39. The maximum absolute atomic E-state index is 11.1. The Balaban J connectivity index is 0.00000289. The lowest BCUT2D eigenvalue weighted by molar-refractivity contribution is -0.137. The second-order valence-corrected chi connectivity index (χ2v) is 10.9. The van der Waals surface area contributed by atoms with E-state index in [0.29, 0.717) is 6.42 Å². The molecule has 0 spiro atoms. The van der Waals surface area contributed by atoms with Gasteiger partial charge in [0.1, 0.15) is 28.5 Å². The molecule has 0 aliphatic carbocycles. The Bertz CT molecular complexity index is 1040. The fourth-order valence-corrected chi connectivity index (χ4v) is 8.81. The van der Waals surface area contributed by atoms with Crippen LogP contribution in [0, 0.1) is 0 Å². The number of carboxylic acids is 1. The van der Waals surface area contributed by atoms with Crippen LogP contribution in [0.4, 0.5) is 0 Å². The van der Waals surface area contributed by atoms with E-state index >= 15 is 0 Å². The molecule has 32 heavy (non-hydrogen) atoms. The van der Waals surface area contributed by atoms with Crippen LogP contribution in [0.1, 0.15) is 18.4 Å². The molecule has 0 saturated heterocycles. The van der Waals surface area contributed by atoms with Crippen molar-refractivity contribution < 1.29 is 26.9 Å². The third-order valence-electron chi connectivity index (χ3n) is 5.62. The van der Waals surface area contributed by atoms with Crippen LogP contribution in [0.15, 0.2) is 115 Å². The molecule has 0 fully saturated rings. The van der Waals surface area contributed by atoms with Gasteiger partial charge >= 0.3 is 5.97 Å². The van der Waals surface area contributed by atoms with Gasteiger partial charge in [-0.2, -0.15) is 0 Å². The third-order valence-corrected chi connectivity index (χ3v) is 10.00. The van der Waals surface area contributed by atoms with Crippen molar-refractivity contribution in [2.45, 2.75) is 19.3 Å². The fraction of sp³-hybridized carbons (Fsp3) is 0.107. The molecular weight excluding hydrogens is 479 g/mol. The first kappa shape index (κ1) is 23.9. The lowest BCUT2D eigenvalue weighted by Crippen LogP contribution is -3.00. The van der Waals surface area contributed by atoms with Crippen molar-refractivity contribution in [3.05, 3.63) is 121 Å². The molecule has 0 bridgehead atoms. The number of rotatable bonds is 8. The van der Waals surface area contributed by atoms with Crippen LogP contribution in [0.5, 0.6) is 0 Å². The fourth-order valence-electron chi connectivity index (χ4n) is 4.30. The highest BCUT2D eigenvalue weighted by molar-refractivity contribution is 8.01. The molecule has 0 aliphatic heterocycles. The summed E-state index contributed by atoms with van der Waals surface area (Å²) in [7, 11) is -2.15. The van der Waals surface area contributed by atoms with E-state index in [1.165, 1.54) is 26.8 Å². The van der Waals surface area contributed by atoms with Gasteiger partial charge in [-0.3, -0.25) is 4.79 Å². The van der Waals surface area contributed by atoms with Gasteiger partial charge in [-0.1, -0.05) is 72.8 Å². The van der Waals surface area contributed by atoms with Gasteiger partial charge in [-0.25, -0.2) is 0 Å². The molecule has 1 N–H and O–H groups in total. The standard InChI is InChI=1S/C28H25O2P.BrH/c29-28(30)22-12-14-23-13-10-11-21-27(23)31(24-15-4-1-5-16-24,25-17-6-2-7-18-25)26-19-8-3-9-20-26;/h1-11,13,15-21H,12,14,22H2;1H. The molecule has 0 unspecified atom stereocenters. The van der Waals surface area contributed by atoms with Crippen molar-refractivity contribution in [1.82, 2.24) is 0 Å². The van der Waals surface area contributed by atoms with Crippen LogP contribution in [0.3, 0.4) is 0 Å². The van der Waals surface area contributed by atoms with E-state index in [1.807, 2.05) is 0 Å². The molecule has 0 aliphatic rings. The topological polar surface area (TPSA) is 37.3 Å². The second-order valence-electron chi connectivity index (χ2n) is 7.55. The average molecular weight is 505 g/mol. The molecule has 2 nitrogen and oxygen atoms in total. The minimum absolute atomic E-state index is 0. The van der Waals surface area contributed by atoms with Crippen molar-refractivity contribution in [3.8, 4) is 0 Å². The molecule has 4 heteroatoms. The SMILES string of the molecule is O=C(O)CCCc1ccccc1[P+](c1ccccc1)(c1ccccc1)c1ccccc1.[Br-]. The zero-order valence-corrected chi connectivity index (χ0v) is 20.3. The molecule has 0 heterocycles. The minimum atomic E-state index is -2.15. The van der Waals surface area contributed by atoms with Crippen LogP contribution in [0.2, 0.25) is 0 Å². The molecule has 4 rings (SSSR count). The van der Waals surface area contributed by atoms with Gasteiger partial charge < -0.3 is 22.1 Å². The van der Waals surface area contributed by atoms with Crippen molar-refractivity contribution in [1.29, 1.82) is 0 Å².